The first-order valence-corrected chi connectivity index (χ1v) is 30.1. The Labute approximate surface area is 476 Å². The average Bonchev–Trinajstić information content (AvgIpc) is 3.43. The average molecular weight is 1170 g/mol. The maximum Gasteiger partial charge on any atom is 0.234 e. The van der Waals surface area contributed by atoms with Crippen molar-refractivity contribution < 1.29 is 43.2 Å². The van der Waals surface area contributed by atoms with E-state index in [2.05, 4.69) is 58.1 Å². The summed E-state index contributed by atoms with van der Waals surface area (Å²) < 4.78 is 0. The van der Waals surface area contributed by atoms with Crippen molar-refractivity contribution in [3.63, 3.8) is 0 Å². The number of nitrogens with two attached hydrogens (primary N) is 6. The van der Waals surface area contributed by atoms with E-state index < -0.39 is 0 Å². The third-order valence-electron chi connectivity index (χ3n) is 11.5. The number of nitrogens with zero attached hydrogens (tertiary/aromatic N) is 4. The van der Waals surface area contributed by atoms with Gasteiger partial charge in [0.05, 0.1) is 6.54 Å². The van der Waals surface area contributed by atoms with Crippen LogP contribution in [0.15, 0.2) is 0 Å². The van der Waals surface area contributed by atoms with Crippen LogP contribution < -0.4 is 87.6 Å². The SMILES string of the molecule is NCCNC(=O)CCN(CCNC(=O)CCNCCSSCCN(CCC(=O)NCCN(CCC(=O)NCCN)CCC(=O)NCCN)CCC(=O)NCCN(CCC(=O)NCCN)CC(=O)NCCN)CCC(=O)NCCN. The molecule has 0 unspecified atom stereocenters. The Morgan fingerprint density at radius 1 is 0.253 bits per heavy atom. The highest BCUT2D eigenvalue weighted by atomic mass is 33.1. The molecule has 0 saturated carbocycles. The Morgan fingerprint density at radius 2 is 0.506 bits per heavy atom. The monoisotopic (exact) mass is 1160 g/mol. The maximum atomic E-state index is 13.2. The number of hydrogen-bond donors (Lipinski definition) is 16. The minimum atomic E-state index is -0.244. The van der Waals surface area contributed by atoms with Crippen molar-refractivity contribution >= 4 is 74.8 Å². The van der Waals surface area contributed by atoms with Gasteiger partial charge in [-0.25, -0.2) is 0 Å². The molecule has 0 aliphatic carbocycles. The lowest BCUT2D eigenvalue weighted by Gasteiger charge is -2.24. The van der Waals surface area contributed by atoms with Crippen molar-refractivity contribution in [1.29, 1.82) is 0 Å². The lowest BCUT2D eigenvalue weighted by Crippen LogP contribution is -2.44. The summed E-state index contributed by atoms with van der Waals surface area (Å²) in [6, 6.07) is 0. The highest BCUT2D eigenvalue weighted by Gasteiger charge is 2.17. The molecule has 0 saturated heterocycles. The lowest BCUT2D eigenvalue weighted by molar-refractivity contribution is -0.124. The molecule has 0 aliphatic heterocycles. The second-order valence-electron chi connectivity index (χ2n) is 18.1. The zero-order valence-electron chi connectivity index (χ0n) is 46.8. The van der Waals surface area contributed by atoms with E-state index in [-0.39, 0.29) is 124 Å². The molecule has 9 amide bonds. The fourth-order valence-corrected chi connectivity index (χ4v) is 9.09. The second kappa shape index (κ2) is 52.8. The van der Waals surface area contributed by atoms with Crippen LogP contribution in [-0.2, 0) is 43.2 Å². The van der Waals surface area contributed by atoms with Crippen molar-refractivity contribution in [3.8, 4) is 0 Å². The molecule has 0 aromatic heterocycles. The van der Waals surface area contributed by atoms with Gasteiger partial charge in [-0.05, 0) is 0 Å². The number of rotatable bonds is 54. The summed E-state index contributed by atoms with van der Waals surface area (Å²) in [5.74, 6) is -0.0679. The molecule has 0 heterocycles. The van der Waals surface area contributed by atoms with Crippen molar-refractivity contribution in [3.05, 3.63) is 0 Å². The number of carbonyl (C=O) groups is 9. The van der Waals surface area contributed by atoms with Gasteiger partial charge in [-0.15, -0.1) is 0 Å². The Morgan fingerprint density at radius 3 is 0.835 bits per heavy atom. The van der Waals surface area contributed by atoms with E-state index in [1.54, 1.807) is 26.5 Å². The largest absolute Gasteiger partial charge is 0.355 e. The highest BCUT2D eigenvalue weighted by molar-refractivity contribution is 8.76. The summed E-state index contributed by atoms with van der Waals surface area (Å²) in [6.45, 7) is 10.6. The Kier molecular flexibility index (Phi) is 49.8. The number of amides is 9. The predicted octanol–water partition coefficient (Wildman–Crippen LogP) is -7.92. The number of nitrogens with one attached hydrogen (secondary N) is 10. The zero-order valence-corrected chi connectivity index (χ0v) is 48.5. The van der Waals surface area contributed by atoms with Gasteiger partial charge in [-0.1, -0.05) is 21.6 Å². The van der Waals surface area contributed by atoms with Crippen molar-refractivity contribution in [2.75, 3.05) is 201 Å². The summed E-state index contributed by atoms with van der Waals surface area (Å²) in [6.07, 6.45) is 1.64. The minimum Gasteiger partial charge on any atom is -0.355 e. The predicted molar refractivity (Wildman–Crippen MR) is 312 cm³/mol. The standard InChI is InChI=1S/C48H100N20O9S2/c49-9-16-56-41(70)2-26-65(27-3-42(71)57-17-10-50)33-22-62-40(69)1-15-55-25-37-78-79-38-36-67(31-7-47(76)64-24-35-68(39-48(77)61-21-14-54)32-8-45(74)60-20-13-53)30-6-46(75)63-23-34-66(28-4-43(72)58-18-11-51)29-5-44(73)59-19-12-52/h55H,1-39,49-54H2,(H,56,70)(H,57,71)(H,58,72)(H,59,73)(H,60,74)(H,61,77)(H,62,69)(H,63,75)(H,64,76). The van der Waals surface area contributed by atoms with E-state index >= 15 is 0 Å². The molecule has 0 aliphatic rings. The molecule has 0 bridgehead atoms. The molecule has 0 spiro atoms. The van der Waals surface area contributed by atoms with E-state index in [9.17, 15) is 43.2 Å². The molecule has 0 aromatic carbocycles. The van der Waals surface area contributed by atoms with E-state index in [1.165, 1.54) is 0 Å². The highest BCUT2D eigenvalue weighted by Crippen LogP contribution is 2.20. The van der Waals surface area contributed by atoms with Crippen molar-refractivity contribution in [1.82, 2.24) is 72.8 Å². The molecular weight excluding hydrogens is 1060 g/mol. The number of hydrogen-bond acceptors (Lipinski definition) is 22. The summed E-state index contributed by atoms with van der Waals surface area (Å²) in [5, 5.41) is 28.5. The smallest absolute Gasteiger partial charge is 0.234 e. The van der Waals surface area contributed by atoms with Crippen LogP contribution in [0.3, 0.4) is 0 Å². The fourth-order valence-electron chi connectivity index (χ4n) is 7.11. The van der Waals surface area contributed by atoms with Crippen LogP contribution in [-0.4, -0.2) is 274 Å². The van der Waals surface area contributed by atoms with Gasteiger partial charge in [0, 0.05) is 246 Å². The first kappa shape index (κ1) is 74.5. The third kappa shape index (κ3) is 48.0. The Hall–Kier alpha value is -4.51. The van der Waals surface area contributed by atoms with Crippen LogP contribution in [0.1, 0.15) is 51.4 Å². The molecule has 0 atom stereocenters. The van der Waals surface area contributed by atoms with Gasteiger partial charge in [-0.3, -0.25) is 48.1 Å². The minimum absolute atomic E-state index is 0.0264. The molecule has 29 nitrogen and oxygen atoms in total. The van der Waals surface area contributed by atoms with Gasteiger partial charge in [0.25, 0.3) is 0 Å². The van der Waals surface area contributed by atoms with Crippen LogP contribution in [0.4, 0.5) is 0 Å². The van der Waals surface area contributed by atoms with Crippen LogP contribution in [0.25, 0.3) is 0 Å². The molecule has 0 aromatic rings. The first-order chi connectivity index (χ1) is 38.2. The molecule has 0 rings (SSSR count). The van der Waals surface area contributed by atoms with Crippen LogP contribution in [0.5, 0.6) is 0 Å². The Bertz CT molecular complexity index is 1640. The fraction of sp³-hybridized carbons (Fsp3) is 0.812. The van der Waals surface area contributed by atoms with E-state index in [4.69, 9.17) is 34.4 Å². The molecule has 31 heteroatoms. The summed E-state index contributed by atoms with van der Waals surface area (Å²) in [4.78, 5) is 120. The first-order valence-electron chi connectivity index (χ1n) is 27.6. The summed E-state index contributed by atoms with van der Waals surface area (Å²) >= 11 is 0. The molecule has 0 radical (unpaired) electrons. The van der Waals surface area contributed by atoms with E-state index in [0.717, 1.165) is 5.75 Å². The summed E-state index contributed by atoms with van der Waals surface area (Å²) in [5.41, 5.74) is 33.0. The molecule has 22 N–H and O–H groups in total. The molecule has 458 valence electrons. The van der Waals surface area contributed by atoms with Crippen molar-refractivity contribution in [2.24, 2.45) is 34.4 Å². The Balaban J connectivity index is 5.30. The topological polar surface area (TPSA) is 443 Å². The van der Waals surface area contributed by atoms with Gasteiger partial charge >= 0.3 is 0 Å². The van der Waals surface area contributed by atoms with Gasteiger partial charge in [-0.2, -0.15) is 0 Å². The van der Waals surface area contributed by atoms with Crippen LogP contribution in [0.2, 0.25) is 0 Å². The lowest BCUT2D eigenvalue weighted by atomic mass is 10.3. The maximum absolute atomic E-state index is 13.2. The van der Waals surface area contributed by atoms with Gasteiger partial charge < -0.3 is 102 Å². The van der Waals surface area contributed by atoms with Gasteiger partial charge in [0.15, 0.2) is 0 Å². The zero-order chi connectivity index (χ0) is 58.6. The van der Waals surface area contributed by atoms with Crippen LogP contribution in [0, 0.1) is 0 Å². The van der Waals surface area contributed by atoms with Crippen molar-refractivity contribution in [2.45, 2.75) is 51.4 Å². The van der Waals surface area contributed by atoms with Crippen LogP contribution >= 0.6 is 21.6 Å². The molecule has 79 heavy (non-hydrogen) atoms. The van der Waals surface area contributed by atoms with E-state index in [1.807, 2.05) is 9.80 Å². The van der Waals surface area contributed by atoms with E-state index in [0.29, 0.717) is 176 Å². The summed E-state index contributed by atoms with van der Waals surface area (Å²) in [7, 11) is 3.32. The third-order valence-corrected chi connectivity index (χ3v) is 13.9. The quantitative estimate of drug-likeness (QED) is 0.0199. The molecular formula is C48H100N20O9S2. The number of carbonyl (C=O) groups excluding carboxylic acids is 9. The second-order valence-corrected chi connectivity index (χ2v) is 20.8. The normalized spacial score (nSPS) is 11.2. The van der Waals surface area contributed by atoms with Gasteiger partial charge in [0.2, 0.25) is 53.2 Å². The molecule has 0 fully saturated rings. The van der Waals surface area contributed by atoms with Gasteiger partial charge in [0.1, 0.15) is 0 Å².